The third kappa shape index (κ3) is 6.97. The van der Waals surface area contributed by atoms with E-state index in [0.717, 1.165) is 19.0 Å². The fraction of sp³-hybridized carbons (Fsp3) is 0.667. The number of aliphatic imine (C=N–C) groups is 1. The lowest BCUT2D eigenvalue weighted by Crippen LogP contribution is -2.41. The van der Waals surface area contributed by atoms with Gasteiger partial charge in [0.25, 0.3) is 0 Å². The summed E-state index contributed by atoms with van der Waals surface area (Å²) < 4.78 is 0. The molecule has 0 radical (unpaired) electrons. The Hall–Kier alpha value is -0.340. The number of halogens is 1. The molecule has 0 amide bonds. The van der Waals surface area contributed by atoms with Gasteiger partial charge in [-0.15, -0.1) is 24.0 Å². The molecule has 1 aromatic rings. The van der Waals surface area contributed by atoms with Gasteiger partial charge in [-0.1, -0.05) is 6.92 Å². The molecule has 4 nitrogen and oxygen atoms in total. The van der Waals surface area contributed by atoms with Gasteiger partial charge in [-0.3, -0.25) is 4.99 Å². The van der Waals surface area contributed by atoms with E-state index in [1.807, 2.05) is 7.05 Å². The predicted octanol–water partition coefficient (Wildman–Crippen LogP) is 2.76. The number of likely N-dealkylation sites (tertiary alicyclic amines) is 1. The zero-order valence-corrected chi connectivity index (χ0v) is 16.1. The first-order valence-corrected chi connectivity index (χ1v) is 8.40. The molecule has 0 aliphatic carbocycles. The van der Waals surface area contributed by atoms with Gasteiger partial charge < -0.3 is 15.5 Å². The predicted molar refractivity (Wildman–Crippen MR) is 103 cm³/mol. The van der Waals surface area contributed by atoms with Crippen LogP contribution in [0, 0.1) is 5.92 Å². The molecule has 1 unspecified atom stereocenters. The average molecular weight is 422 g/mol. The second-order valence-corrected chi connectivity index (χ2v) is 6.33. The first-order valence-electron chi connectivity index (χ1n) is 7.46. The molecule has 120 valence electrons. The number of hydrogen-bond acceptors (Lipinski definition) is 3. The van der Waals surface area contributed by atoms with Gasteiger partial charge in [0.1, 0.15) is 0 Å². The van der Waals surface area contributed by atoms with E-state index in [1.165, 1.54) is 38.0 Å². The summed E-state index contributed by atoms with van der Waals surface area (Å²) in [5, 5.41) is 11.0. The summed E-state index contributed by atoms with van der Waals surface area (Å²) in [6.07, 6.45) is 2.73. The smallest absolute Gasteiger partial charge is 0.191 e. The Kier molecular flexibility index (Phi) is 9.26. The minimum absolute atomic E-state index is 0. The monoisotopic (exact) mass is 422 g/mol. The number of thiophene rings is 1. The Morgan fingerprint density at radius 1 is 1.38 bits per heavy atom. The Morgan fingerprint density at radius 3 is 2.76 bits per heavy atom. The molecule has 1 aromatic heterocycles. The maximum atomic E-state index is 4.28. The second-order valence-electron chi connectivity index (χ2n) is 5.55. The van der Waals surface area contributed by atoms with Crippen molar-refractivity contribution in [1.82, 2.24) is 15.5 Å². The van der Waals surface area contributed by atoms with Gasteiger partial charge in [0.05, 0.1) is 0 Å². The summed E-state index contributed by atoms with van der Waals surface area (Å²) in [6, 6.07) is 2.14. The van der Waals surface area contributed by atoms with Crippen molar-refractivity contribution in [2.75, 3.05) is 33.2 Å². The molecule has 0 spiro atoms. The third-order valence-electron chi connectivity index (χ3n) is 3.65. The molecule has 1 aliphatic rings. The molecule has 2 rings (SSSR count). The van der Waals surface area contributed by atoms with Crippen LogP contribution in [0.15, 0.2) is 21.8 Å². The number of nitrogens with zero attached hydrogens (tertiary/aromatic N) is 2. The number of hydrogen-bond donors (Lipinski definition) is 2. The van der Waals surface area contributed by atoms with Gasteiger partial charge in [-0.25, -0.2) is 0 Å². The number of rotatable bonds is 6. The zero-order valence-electron chi connectivity index (χ0n) is 13.0. The Bertz CT molecular complexity index is 402. The lowest BCUT2D eigenvalue weighted by molar-refractivity contribution is 0.287. The van der Waals surface area contributed by atoms with Crippen molar-refractivity contribution < 1.29 is 0 Å². The fourth-order valence-corrected chi connectivity index (χ4v) is 3.21. The van der Waals surface area contributed by atoms with Crippen LogP contribution in [0.3, 0.4) is 0 Å². The highest BCUT2D eigenvalue weighted by molar-refractivity contribution is 14.0. The van der Waals surface area contributed by atoms with Crippen LogP contribution >= 0.6 is 35.3 Å². The molecule has 0 aromatic carbocycles. The quantitative estimate of drug-likeness (QED) is 0.421. The topological polar surface area (TPSA) is 39.7 Å². The van der Waals surface area contributed by atoms with Gasteiger partial charge in [0.2, 0.25) is 0 Å². The second kappa shape index (κ2) is 10.4. The first-order chi connectivity index (χ1) is 9.78. The SMILES string of the molecule is CN=C(NCc1ccsc1)NCC(C)CN1CCCC1.I. The van der Waals surface area contributed by atoms with Crippen molar-refractivity contribution in [3.05, 3.63) is 22.4 Å². The molecule has 0 bridgehead atoms. The van der Waals surface area contributed by atoms with Gasteiger partial charge >= 0.3 is 0 Å². The van der Waals surface area contributed by atoms with Crippen LogP contribution < -0.4 is 10.6 Å². The van der Waals surface area contributed by atoms with E-state index in [9.17, 15) is 0 Å². The van der Waals surface area contributed by atoms with E-state index in [4.69, 9.17) is 0 Å². The lowest BCUT2D eigenvalue weighted by atomic mass is 10.1. The molecular weight excluding hydrogens is 395 g/mol. The van der Waals surface area contributed by atoms with E-state index in [1.54, 1.807) is 11.3 Å². The van der Waals surface area contributed by atoms with E-state index >= 15 is 0 Å². The first kappa shape index (κ1) is 18.7. The Morgan fingerprint density at radius 2 is 2.14 bits per heavy atom. The van der Waals surface area contributed by atoms with Gasteiger partial charge in [0.15, 0.2) is 5.96 Å². The minimum Gasteiger partial charge on any atom is -0.356 e. The molecule has 1 saturated heterocycles. The summed E-state index contributed by atoms with van der Waals surface area (Å²) in [6.45, 7) is 7.85. The van der Waals surface area contributed by atoms with Crippen LogP contribution in [0.25, 0.3) is 0 Å². The molecule has 21 heavy (non-hydrogen) atoms. The van der Waals surface area contributed by atoms with Gasteiger partial charge in [0, 0.05) is 26.7 Å². The molecule has 0 saturated carbocycles. The van der Waals surface area contributed by atoms with E-state index in [-0.39, 0.29) is 24.0 Å². The summed E-state index contributed by atoms with van der Waals surface area (Å²) in [4.78, 5) is 6.84. The molecule has 2 N–H and O–H groups in total. The van der Waals surface area contributed by atoms with E-state index in [0.29, 0.717) is 5.92 Å². The largest absolute Gasteiger partial charge is 0.356 e. The fourth-order valence-electron chi connectivity index (χ4n) is 2.54. The molecule has 6 heteroatoms. The molecule has 1 aliphatic heterocycles. The van der Waals surface area contributed by atoms with Crippen LogP contribution in [0.2, 0.25) is 0 Å². The number of guanidine groups is 1. The normalized spacial score (nSPS) is 17.3. The van der Waals surface area contributed by atoms with Crippen molar-refractivity contribution in [2.45, 2.75) is 26.3 Å². The maximum Gasteiger partial charge on any atom is 0.191 e. The van der Waals surface area contributed by atoms with Crippen LogP contribution in [-0.4, -0.2) is 44.1 Å². The molecule has 2 heterocycles. The summed E-state index contributed by atoms with van der Waals surface area (Å²) >= 11 is 1.73. The van der Waals surface area contributed by atoms with Crippen molar-refractivity contribution in [1.29, 1.82) is 0 Å². The summed E-state index contributed by atoms with van der Waals surface area (Å²) in [5.41, 5.74) is 1.31. The van der Waals surface area contributed by atoms with Gasteiger partial charge in [-0.05, 0) is 54.2 Å². The Labute approximate surface area is 149 Å². The van der Waals surface area contributed by atoms with Crippen LogP contribution in [0.4, 0.5) is 0 Å². The highest BCUT2D eigenvalue weighted by Gasteiger charge is 2.14. The lowest BCUT2D eigenvalue weighted by Gasteiger charge is -2.21. The maximum absolute atomic E-state index is 4.28. The van der Waals surface area contributed by atoms with Crippen molar-refractivity contribution in [3.8, 4) is 0 Å². The zero-order chi connectivity index (χ0) is 14.2. The van der Waals surface area contributed by atoms with Crippen molar-refractivity contribution in [2.24, 2.45) is 10.9 Å². The standard InChI is InChI=1S/C15H26N4S.HI/c1-13(11-19-6-3-4-7-19)9-17-15(16-2)18-10-14-5-8-20-12-14;/h5,8,12-13H,3-4,6-7,9-11H2,1-2H3,(H2,16,17,18);1H. The average Bonchev–Trinajstić information content (AvgIpc) is 3.12. The number of nitrogens with one attached hydrogen (secondary N) is 2. The van der Waals surface area contributed by atoms with Crippen LogP contribution in [-0.2, 0) is 6.54 Å². The summed E-state index contributed by atoms with van der Waals surface area (Å²) in [5.74, 6) is 1.54. The Balaban J connectivity index is 0.00000220. The molecular formula is C15H27IN4S. The van der Waals surface area contributed by atoms with Crippen LogP contribution in [0.5, 0.6) is 0 Å². The summed E-state index contributed by atoms with van der Waals surface area (Å²) in [7, 11) is 1.83. The molecule has 1 fully saturated rings. The highest BCUT2D eigenvalue weighted by atomic mass is 127. The van der Waals surface area contributed by atoms with Crippen molar-refractivity contribution >= 4 is 41.3 Å². The highest BCUT2D eigenvalue weighted by Crippen LogP contribution is 2.09. The van der Waals surface area contributed by atoms with Crippen molar-refractivity contribution in [3.63, 3.8) is 0 Å². The van der Waals surface area contributed by atoms with Gasteiger partial charge in [-0.2, -0.15) is 11.3 Å². The third-order valence-corrected chi connectivity index (χ3v) is 4.38. The molecule has 1 atom stereocenters. The van der Waals surface area contributed by atoms with E-state index < -0.39 is 0 Å². The van der Waals surface area contributed by atoms with E-state index in [2.05, 4.69) is 44.3 Å². The van der Waals surface area contributed by atoms with Crippen LogP contribution in [0.1, 0.15) is 25.3 Å². The minimum atomic E-state index is 0.